The number of hydrogen-bond acceptors (Lipinski definition) is 2. The summed E-state index contributed by atoms with van der Waals surface area (Å²) >= 11 is 3.08. The Balaban J connectivity index is 0.00000225. The van der Waals surface area contributed by atoms with E-state index in [0.717, 1.165) is 6.07 Å². The molecule has 0 atom stereocenters. The molecule has 0 aliphatic heterocycles. The quantitative estimate of drug-likeness (QED) is 0.700. The van der Waals surface area contributed by atoms with Crippen LogP contribution in [0.15, 0.2) is 16.6 Å². The fourth-order valence-corrected chi connectivity index (χ4v) is 1.62. The van der Waals surface area contributed by atoms with Gasteiger partial charge in [-0.15, -0.1) is 0 Å². The number of ether oxygens (including phenoxy) is 2. The van der Waals surface area contributed by atoms with Gasteiger partial charge in [-0.2, -0.15) is 0 Å². The maximum absolute atomic E-state index is 12.6. The molecule has 1 rings (SSSR count). The molecule has 0 N–H and O–H groups in total. The number of benzene rings is 1. The molecule has 0 unspecified atom stereocenters. The maximum Gasteiger partial charge on any atom is 1.00 e. The normalized spacial score (nSPS) is 10.6. The van der Waals surface area contributed by atoms with Gasteiger partial charge in [-0.05, 0) is 28.1 Å². The molecule has 1 aromatic rings. The van der Waals surface area contributed by atoms with Gasteiger partial charge in [0.1, 0.15) is 5.75 Å². The minimum absolute atomic E-state index is 0. The molecule has 0 spiro atoms. The van der Waals surface area contributed by atoms with Crippen LogP contribution in [0.5, 0.6) is 11.5 Å². The Morgan fingerprint density at radius 2 is 1.56 bits per heavy atom. The summed E-state index contributed by atoms with van der Waals surface area (Å²) in [5.74, 6) is -0.0832. The summed E-state index contributed by atoms with van der Waals surface area (Å²) in [6.45, 7) is -5.11. The van der Waals surface area contributed by atoms with E-state index in [-0.39, 0.29) is 62.9 Å². The molecule has 0 aliphatic rings. The van der Waals surface area contributed by atoms with Crippen LogP contribution in [0.2, 0.25) is 0 Å². The average Bonchev–Trinajstić information content (AvgIpc) is 2.15. The molecule has 84 valence electrons. The third-order valence-electron chi connectivity index (χ3n) is 1.86. The van der Waals surface area contributed by atoms with Crippen LogP contribution in [-0.2, 0) is 0 Å². The molecule has 1 aromatic carbocycles. The van der Waals surface area contributed by atoms with E-state index < -0.39 is 12.4 Å². The summed E-state index contributed by atoms with van der Waals surface area (Å²) in [6, 6.07) is 2.16. The maximum atomic E-state index is 12.6. The van der Waals surface area contributed by atoms with Crippen molar-refractivity contribution in [3.63, 3.8) is 0 Å². The minimum atomic E-state index is -5.11. The topological polar surface area (TPSA) is 18.5 Å². The van der Waals surface area contributed by atoms with Crippen molar-refractivity contribution in [2.75, 3.05) is 14.2 Å². The van der Waals surface area contributed by atoms with Crippen LogP contribution in [0.3, 0.4) is 0 Å². The van der Waals surface area contributed by atoms with Crippen molar-refractivity contribution in [1.29, 1.82) is 0 Å². The first-order chi connectivity index (χ1) is 6.90. The van der Waals surface area contributed by atoms with Crippen molar-refractivity contribution in [2.45, 2.75) is 0 Å². The average molecular weight is 323 g/mol. The summed E-state index contributed by atoms with van der Waals surface area (Å²) in [4.78, 5) is 0. The molecule has 0 amide bonds. The second-order valence-electron chi connectivity index (χ2n) is 2.80. The summed E-state index contributed by atoms with van der Waals surface area (Å²) in [7, 11) is 2.50. The van der Waals surface area contributed by atoms with Gasteiger partial charge in [-0.1, -0.05) is 5.46 Å². The van der Waals surface area contributed by atoms with Crippen LogP contribution < -0.4 is 66.3 Å². The van der Waals surface area contributed by atoms with Gasteiger partial charge in [-0.3, -0.25) is 0 Å². The van der Waals surface area contributed by atoms with Gasteiger partial charge >= 0.3 is 58.4 Å². The first-order valence-electron chi connectivity index (χ1n) is 4.01. The van der Waals surface area contributed by atoms with Crippen molar-refractivity contribution < 1.29 is 73.8 Å². The van der Waals surface area contributed by atoms with Gasteiger partial charge in [0, 0.05) is 0 Å². The van der Waals surface area contributed by atoms with Gasteiger partial charge in [-0.25, -0.2) is 0 Å². The van der Waals surface area contributed by atoms with E-state index in [4.69, 9.17) is 4.74 Å². The van der Waals surface area contributed by atoms with Gasteiger partial charge in [0.2, 0.25) is 0 Å². The first kappa shape index (κ1) is 16.8. The van der Waals surface area contributed by atoms with Gasteiger partial charge in [0.25, 0.3) is 0 Å². The van der Waals surface area contributed by atoms with Crippen LogP contribution in [0.25, 0.3) is 0 Å². The van der Waals surface area contributed by atoms with Crippen LogP contribution in [0, 0.1) is 0 Å². The van der Waals surface area contributed by atoms with Crippen molar-refractivity contribution >= 4 is 28.4 Å². The minimum Gasteiger partial charge on any atom is -0.500 e. The molecule has 0 radical (unpaired) electrons. The molecule has 0 heterocycles. The van der Waals surface area contributed by atoms with E-state index in [1.807, 2.05) is 0 Å². The Hall–Kier alpha value is 0.791. The van der Waals surface area contributed by atoms with Gasteiger partial charge < -0.3 is 22.4 Å². The Bertz CT molecular complexity index is 373. The van der Waals surface area contributed by atoms with Crippen LogP contribution in [0.4, 0.5) is 12.9 Å². The third kappa shape index (κ3) is 3.92. The number of rotatable bonds is 3. The van der Waals surface area contributed by atoms with Gasteiger partial charge in [0.05, 0.1) is 24.4 Å². The Labute approximate surface area is 142 Å². The molecular formula is C8H8BBrF3KO2. The van der Waals surface area contributed by atoms with E-state index in [0.29, 0.717) is 4.47 Å². The van der Waals surface area contributed by atoms with Crippen molar-refractivity contribution in [3.8, 4) is 11.5 Å². The Morgan fingerprint density at radius 3 is 1.94 bits per heavy atom. The van der Waals surface area contributed by atoms with E-state index >= 15 is 0 Å². The summed E-state index contributed by atoms with van der Waals surface area (Å²) in [5.41, 5.74) is -0.794. The Kier molecular flexibility index (Phi) is 6.98. The molecule has 2 nitrogen and oxygen atoms in total. The molecule has 0 aliphatic carbocycles. The Morgan fingerprint density at radius 1 is 1.06 bits per heavy atom. The van der Waals surface area contributed by atoms with E-state index in [9.17, 15) is 12.9 Å². The number of methoxy groups -OCH3 is 2. The number of hydrogen-bond donors (Lipinski definition) is 0. The van der Waals surface area contributed by atoms with Crippen molar-refractivity contribution in [2.24, 2.45) is 0 Å². The third-order valence-corrected chi connectivity index (χ3v) is 2.48. The monoisotopic (exact) mass is 322 g/mol. The van der Waals surface area contributed by atoms with Crippen molar-refractivity contribution in [3.05, 3.63) is 16.6 Å². The second-order valence-corrected chi connectivity index (χ2v) is 3.66. The summed E-state index contributed by atoms with van der Waals surface area (Å²) in [5, 5.41) is 0. The molecule has 0 bridgehead atoms. The zero-order chi connectivity index (χ0) is 11.6. The van der Waals surface area contributed by atoms with E-state index in [1.165, 1.54) is 20.3 Å². The second kappa shape index (κ2) is 6.65. The summed E-state index contributed by atoms with van der Waals surface area (Å²) in [6.07, 6.45) is 0. The first-order valence-corrected chi connectivity index (χ1v) is 4.80. The van der Waals surface area contributed by atoms with Crippen LogP contribution >= 0.6 is 15.9 Å². The zero-order valence-electron chi connectivity index (χ0n) is 9.06. The zero-order valence-corrected chi connectivity index (χ0v) is 13.8. The van der Waals surface area contributed by atoms with Gasteiger partial charge in [0.15, 0.2) is 0 Å². The smallest absolute Gasteiger partial charge is 0.500 e. The SMILES string of the molecule is COc1cc([B-](F)(F)F)c(OC)cc1Br.[K+]. The van der Waals surface area contributed by atoms with Crippen molar-refractivity contribution in [1.82, 2.24) is 0 Å². The molecule has 0 aromatic heterocycles. The molecule has 0 saturated heterocycles. The summed E-state index contributed by atoms with van der Waals surface area (Å²) < 4.78 is 47.7. The predicted octanol–water partition coefficient (Wildman–Crippen LogP) is -0.475. The largest absolute Gasteiger partial charge is 1.00 e. The molecular weight excluding hydrogens is 315 g/mol. The van der Waals surface area contributed by atoms with E-state index in [2.05, 4.69) is 20.7 Å². The molecule has 8 heteroatoms. The fourth-order valence-electron chi connectivity index (χ4n) is 1.14. The molecule has 0 saturated carbocycles. The van der Waals surface area contributed by atoms with Crippen LogP contribution in [-0.4, -0.2) is 21.2 Å². The predicted molar refractivity (Wildman–Crippen MR) is 56.0 cm³/mol. The fraction of sp³-hybridized carbons (Fsp3) is 0.250. The van der Waals surface area contributed by atoms with E-state index in [1.54, 1.807) is 0 Å². The molecule has 0 fully saturated rings. The molecule has 16 heavy (non-hydrogen) atoms. The number of halogens is 4. The van der Waals surface area contributed by atoms with Crippen LogP contribution in [0.1, 0.15) is 0 Å². The standard InChI is InChI=1S/C8H8BBrF3O2.K/c1-14-7-4-6(10)8(15-2)3-5(7)9(11,12)13;/h3-4H,1-2H3;/q-1;+1.